The zero-order chi connectivity index (χ0) is 17.7. The maximum absolute atomic E-state index is 12.2. The van der Waals surface area contributed by atoms with Crippen LogP contribution in [0.2, 0.25) is 0 Å². The fourth-order valence-electron chi connectivity index (χ4n) is 2.36. The van der Waals surface area contributed by atoms with E-state index in [1.165, 1.54) is 11.3 Å². The van der Waals surface area contributed by atoms with Gasteiger partial charge in [-0.05, 0) is 37.3 Å². The van der Waals surface area contributed by atoms with Gasteiger partial charge in [-0.3, -0.25) is 0 Å². The molecular formula is C16H20N2O5S. The molecule has 0 radical (unpaired) electrons. The Balaban J connectivity index is 2.21. The number of urea groups is 1. The number of esters is 2. The molecular weight excluding hydrogens is 332 g/mol. The molecule has 130 valence electrons. The molecule has 0 spiro atoms. The zero-order valence-electron chi connectivity index (χ0n) is 13.8. The number of aryl methyl sites for hydroxylation is 1. The molecule has 1 aliphatic rings. The molecule has 0 bridgehead atoms. The van der Waals surface area contributed by atoms with E-state index in [0.717, 1.165) is 5.56 Å². The Morgan fingerprint density at radius 1 is 1.25 bits per heavy atom. The lowest BCUT2D eigenvalue weighted by atomic mass is 10.0. The van der Waals surface area contributed by atoms with E-state index in [1.807, 2.05) is 19.9 Å². The molecule has 2 heterocycles. The summed E-state index contributed by atoms with van der Waals surface area (Å²) < 4.78 is 10.3. The van der Waals surface area contributed by atoms with Crippen LogP contribution < -0.4 is 10.6 Å². The van der Waals surface area contributed by atoms with Crippen LogP contribution in [-0.2, 0) is 14.3 Å². The molecule has 24 heavy (non-hydrogen) atoms. The number of carbonyl (C=O) groups excluding carboxylic acids is 3. The molecule has 0 unspecified atom stereocenters. The monoisotopic (exact) mass is 352 g/mol. The molecule has 1 aliphatic heterocycles. The largest absolute Gasteiger partial charge is 0.463 e. The van der Waals surface area contributed by atoms with Gasteiger partial charge in [0.05, 0.1) is 23.9 Å². The first-order chi connectivity index (χ1) is 11.5. The van der Waals surface area contributed by atoms with Gasteiger partial charge in [0.25, 0.3) is 0 Å². The van der Waals surface area contributed by atoms with Crippen molar-refractivity contribution in [2.75, 3.05) is 13.2 Å². The Hall–Kier alpha value is -2.35. The van der Waals surface area contributed by atoms with Gasteiger partial charge in [-0.15, -0.1) is 11.3 Å². The van der Waals surface area contributed by atoms with Crippen molar-refractivity contribution in [1.29, 1.82) is 0 Å². The third kappa shape index (κ3) is 3.94. The van der Waals surface area contributed by atoms with E-state index in [4.69, 9.17) is 9.47 Å². The highest BCUT2D eigenvalue weighted by atomic mass is 32.1. The summed E-state index contributed by atoms with van der Waals surface area (Å²) >= 11 is 1.28. The van der Waals surface area contributed by atoms with Crippen molar-refractivity contribution >= 4 is 29.3 Å². The van der Waals surface area contributed by atoms with Gasteiger partial charge in [-0.2, -0.15) is 0 Å². The van der Waals surface area contributed by atoms with Crippen LogP contribution in [0.15, 0.2) is 22.7 Å². The van der Waals surface area contributed by atoms with Crippen molar-refractivity contribution < 1.29 is 23.9 Å². The van der Waals surface area contributed by atoms with Crippen LogP contribution in [0.25, 0.3) is 0 Å². The summed E-state index contributed by atoms with van der Waals surface area (Å²) in [4.78, 5) is 36.6. The molecule has 2 amide bonds. The summed E-state index contributed by atoms with van der Waals surface area (Å²) in [5.74, 6) is -1.02. The molecule has 2 rings (SSSR count). The second-order valence-electron chi connectivity index (χ2n) is 5.18. The van der Waals surface area contributed by atoms with Crippen LogP contribution in [-0.4, -0.2) is 37.2 Å². The van der Waals surface area contributed by atoms with E-state index in [0.29, 0.717) is 11.3 Å². The lowest BCUT2D eigenvalue weighted by Crippen LogP contribution is -2.51. The molecule has 0 aromatic carbocycles. The highest BCUT2D eigenvalue weighted by Gasteiger charge is 2.32. The molecule has 0 fully saturated rings. The molecule has 0 aliphatic carbocycles. The minimum absolute atomic E-state index is 0.200. The predicted molar refractivity (Wildman–Crippen MR) is 88.7 cm³/mol. The highest BCUT2D eigenvalue weighted by Crippen LogP contribution is 2.20. The van der Waals surface area contributed by atoms with Crippen molar-refractivity contribution in [2.45, 2.75) is 33.2 Å². The van der Waals surface area contributed by atoms with Gasteiger partial charge in [0.2, 0.25) is 0 Å². The number of ether oxygens (including phenoxy) is 2. The summed E-state index contributed by atoms with van der Waals surface area (Å²) in [5, 5.41) is 7.00. The summed E-state index contributed by atoms with van der Waals surface area (Å²) in [6.07, 6.45) is 0.517. The highest BCUT2D eigenvalue weighted by molar-refractivity contribution is 7.12. The van der Waals surface area contributed by atoms with E-state index in [9.17, 15) is 14.4 Å². The van der Waals surface area contributed by atoms with Gasteiger partial charge in [0, 0.05) is 0 Å². The van der Waals surface area contributed by atoms with E-state index in [2.05, 4.69) is 10.6 Å². The van der Waals surface area contributed by atoms with Crippen LogP contribution in [0.3, 0.4) is 0 Å². The maximum atomic E-state index is 12.2. The topological polar surface area (TPSA) is 93.7 Å². The van der Waals surface area contributed by atoms with Crippen molar-refractivity contribution in [2.24, 2.45) is 0 Å². The Labute approximate surface area is 144 Å². The van der Waals surface area contributed by atoms with Crippen LogP contribution in [0.4, 0.5) is 4.79 Å². The van der Waals surface area contributed by atoms with Gasteiger partial charge >= 0.3 is 18.0 Å². The van der Waals surface area contributed by atoms with Gasteiger partial charge in [-0.1, -0.05) is 6.92 Å². The third-order valence-corrected chi connectivity index (χ3v) is 4.54. The average molecular weight is 352 g/mol. The van der Waals surface area contributed by atoms with Crippen molar-refractivity contribution in [3.05, 3.63) is 33.2 Å². The van der Waals surface area contributed by atoms with E-state index < -0.39 is 24.0 Å². The van der Waals surface area contributed by atoms with Crippen molar-refractivity contribution in [1.82, 2.24) is 10.6 Å². The fraction of sp³-hybridized carbons (Fsp3) is 0.438. The lowest BCUT2D eigenvalue weighted by molar-refractivity contribution is -0.139. The third-order valence-electron chi connectivity index (χ3n) is 3.54. The number of hydrogen-bond acceptors (Lipinski definition) is 6. The van der Waals surface area contributed by atoms with Crippen LogP contribution in [0.5, 0.6) is 0 Å². The first-order valence-corrected chi connectivity index (χ1v) is 8.54. The summed E-state index contributed by atoms with van der Waals surface area (Å²) in [7, 11) is 0. The summed E-state index contributed by atoms with van der Waals surface area (Å²) in [6.45, 7) is 5.37. The smallest absolute Gasteiger partial charge is 0.348 e. The molecule has 7 nitrogen and oxygen atoms in total. The molecule has 0 saturated carbocycles. The predicted octanol–water partition coefficient (Wildman–Crippen LogP) is 2.12. The van der Waals surface area contributed by atoms with E-state index in [-0.39, 0.29) is 24.5 Å². The molecule has 2 N–H and O–H groups in total. The Morgan fingerprint density at radius 2 is 2.00 bits per heavy atom. The van der Waals surface area contributed by atoms with Crippen LogP contribution in [0.1, 0.15) is 35.5 Å². The van der Waals surface area contributed by atoms with Crippen molar-refractivity contribution in [3.8, 4) is 0 Å². The summed E-state index contributed by atoms with van der Waals surface area (Å²) in [5.41, 5.74) is 1.37. The van der Waals surface area contributed by atoms with Gasteiger partial charge in [0.15, 0.2) is 0 Å². The number of nitrogens with one attached hydrogen (secondary N) is 2. The Morgan fingerprint density at radius 3 is 2.58 bits per heavy atom. The SMILES string of the molecule is CCOC(=O)C1=C(COC(=O)c2sccc2C)NC(=O)N[C@@H]1CC. The normalized spacial score (nSPS) is 17.1. The molecule has 1 aromatic rings. The first-order valence-electron chi connectivity index (χ1n) is 7.66. The molecule has 1 aromatic heterocycles. The first kappa shape index (κ1) is 18.0. The van der Waals surface area contributed by atoms with E-state index >= 15 is 0 Å². The standard InChI is InChI=1S/C16H20N2O5S/c1-4-10-12(14(19)22-5-2)11(18-16(21)17-10)8-23-15(20)13-9(3)6-7-24-13/h6-7,10H,4-5,8H2,1-3H3,(H2,17,18,21)/t10-/m1/s1. The summed E-state index contributed by atoms with van der Waals surface area (Å²) in [6, 6.07) is 0.910. The maximum Gasteiger partial charge on any atom is 0.348 e. The second kappa shape index (κ2) is 7.96. The van der Waals surface area contributed by atoms with Gasteiger partial charge in [-0.25, -0.2) is 14.4 Å². The van der Waals surface area contributed by atoms with Crippen LogP contribution in [0, 0.1) is 6.92 Å². The number of amides is 2. The quantitative estimate of drug-likeness (QED) is 0.765. The second-order valence-corrected chi connectivity index (χ2v) is 6.10. The van der Waals surface area contributed by atoms with Crippen LogP contribution >= 0.6 is 11.3 Å². The number of thiophene rings is 1. The lowest BCUT2D eigenvalue weighted by Gasteiger charge is -2.28. The minimum atomic E-state index is -0.532. The minimum Gasteiger partial charge on any atom is -0.463 e. The van der Waals surface area contributed by atoms with Crippen molar-refractivity contribution in [3.63, 3.8) is 0 Å². The molecule has 8 heteroatoms. The Kier molecular flexibility index (Phi) is 5.97. The zero-order valence-corrected chi connectivity index (χ0v) is 14.6. The number of rotatable bonds is 6. The molecule has 0 saturated heterocycles. The van der Waals surface area contributed by atoms with Gasteiger partial charge < -0.3 is 20.1 Å². The number of hydrogen-bond donors (Lipinski definition) is 2. The fourth-order valence-corrected chi connectivity index (χ4v) is 3.18. The van der Waals surface area contributed by atoms with E-state index in [1.54, 1.807) is 12.3 Å². The Bertz CT molecular complexity index is 680. The number of carbonyl (C=O) groups is 3. The average Bonchev–Trinajstić information content (AvgIpc) is 2.98. The molecule has 1 atom stereocenters. The van der Waals surface area contributed by atoms with Gasteiger partial charge in [0.1, 0.15) is 11.5 Å².